The summed E-state index contributed by atoms with van der Waals surface area (Å²) in [6, 6.07) is 13.0. The lowest BCUT2D eigenvalue weighted by molar-refractivity contribution is -0.691. The third-order valence-electron chi connectivity index (χ3n) is 4.21. The van der Waals surface area contributed by atoms with Crippen molar-refractivity contribution in [2.45, 2.75) is 39.2 Å². The van der Waals surface area contributed by atoms with Crippen LogP contribution in [-0.2, 0) is 12.6 Å². The zero-order chi connectivity index (χ0) is 17.5. The molecule has 0 aliphatic carbocycles. The van der Waals surface area contributed by atoms with E-state index in [2.05, 4.69) is 18.8 Å². The molecule has 24 heavy (non-hydrogen) atoms. The Bertz CT molecular complexity index is 695. The first-order valence-corrected chi connectivity index (χ1v) is 8.80. The van der Waals surface area contributed by atoms with Crippen LogP contribution in [-0.4, -0.2) is 17.4 Å². The normalized spacial score (nSPS) is 14.2. The van der Waals surface area contributed by atoms with Crippen LogP contribution in [0.1, 0.15) is 55.1 Å². The van der Waals surface area contributed by atoms with E-state index in [-0.39, 0.29) is 5.78 Å². The number of ketones is 1. The van der Waals surface area contributed by atoms with Gasteiger partial charge < -0.3 is 17.6 Å². The van der Waals surface area contributed by atoms with Crippen LogP contribution < -0.4 is 4.57 Å². The van der Waals surface area contributed by atoms with Crippen LogP contribution in [0.15, 0.2) is 59.9 Å². The average Bonchev–Trinajstić information content (AvgIpc) is 2.62. The highest BCUT2D eigenvalue weighted by molar-refractivity contribution is 7.77. The minimum atomic E-state index is -0.574. The summed E-state index contributed by atoms with van der Waals surface area (Å²) in [5.41, 5.74) is 1.91. The summed E-state index contributed by atoms with van der Waals surface area (Å²) in [5.74, 6) is 0.466. The maximum atomic E-state index is 13.0. The lowest BCUT2D eigenvalue weighted by Crippen LogP contribution is -2.47. The van der Waals surface area contributed by atoms with Crippen molar-refractivity contribution in [3.8, 4) is 0 Å². The van der Waals surface area contributed by atoms with Gasteiger partial charge in [-0.3, -0.25) is 4.79 Å². The Hall–Kier alpha value is -2.07. The van der Waals surface area contributed by atoms with Crippen molar-refractivity contribution in [1.29, 1.82) is 0 Å². The third-order valence-corrected chi connectivity index (χ3v) is 4.56. The number of aromatic nitrogens is 1. The lowest BCUT2D eigenvalue weighted by Gasteiger charge is -2.18. The van der Waals surface area contributed by atoms with Gasteiger partial charge in [0.15, 0.2) is 12.4 Å². The standard InChI is InChI=1S/C20H24N2OS/c1-4-15(3)16-9-11-17(12-10-16)19(23)18(20(24)21-5-2)22-13-7-6-8-14-22/h6-15,18H,4-5H2,1-3H3/t15-,18+/m0/s1. The summed E-state index contributed by atoms with van der Waals surface area (Å²) in [6.45, 7) is 6.85. The number of Topliss-reactive ketones (excluding diaryl/α,β-unsaturated/α-hetero) is 1. The molecule has 2 rings (SSSR count). The van der Waals surface area contributed by atoms with Gasteiger partial charge in [0.05, 0.1) is 0 Å². The average molecular weight is 340 g/mol. The molecule has 0 N–H and O–H groups in total. The van der Waals surface area contributed by atoms with Gasteiger partial charge in [-0.2, -0.15) is 4.57 Å². The van der Waals surface area contributed by atoms with Crippen molar-refractivity contribution >= 4 is 23.5 Å². The first-order chi connectivity index (χ1) is 11.6. The number of carbonyl (C=O) groups excluding carboxylic acids is 1. The van der Waals surface area contributed by atoms with Crippen LogP contribution in [0, 0.1) is 0 Å². The van der Waals surface area contributed by atoms with Gasteiger partial charge >= 0.3 is 0 Å². The fourth-order valence-corrected chi connectivity index (χ4v) is 2.93. The second-order valence-electron chi connectivity index (χ2n) is 5.83. The van der Waals surface area contributed by atoms with Gasteiger partial charge in [0.2, 0.25) is 11.8 Å². The molecule has 0 aliphatic rings. The molecule has 0 amide bonds. The smallest absolute Gasteiger partial charge is 0.237 e. The topological polar surface area (TPSA) is 33.3 Å². The maximum Gasteiger partial charge on any atom is 0.237 e. The van der Waals surface area contributed by atoms with Gasteiger partial charge in [0.25, 0.3) is 0 Å². The molecule has 4 heteroatoms. The number of nitrogens with zero attached hydrogens (tertiary/aromatic N) is 2. The molecule has 0 saturated carbocycles. The Morgan fingerprint density at radius 2 is 1.75 bits per heavy atom. The second kappa shape index (κ2) is 8.69. The molecule has 2 atom stereocenters. The van der Waals surface area contributed by atoms with Crippen molar-refractivity contribution < 1.29 is 9.36 Å². The zero-order valence-corrected chi connectivity index (χ0v) is 15.3. The SMILES string of the molecule is CCN=C([S-])[C@@H](C(=O)c1ccc([C@@H](C)CC)cc1)[n+]1ccccc1. The maximum absolute atomic E-state index is 13.0. The predicted molar refractivity (Wildman–Crippen MR) is 100 cm³/mol. The number of pyridine rings is 1. The Kier molecular flexibility index (Phi) is 6.62. The molecule has 0 radical (unpaired) electrons. The number of rotatable bonds is 7. The van der Waals surface area contributed by atoms with Crippen LogP contribution in [0.3, 0.4) is 0 Å². The Morgan fingerprint density at radius 1 is 1.12 bits per heavy atom. The molecule has 1 aromatic heterocycles. The van der Waals surface area contributed by atoms with Crippen LogP contribution in [0.25, 0.3) is 0 Å². The Labute approximate surface area is 149 Å². The van der Waals surface area contributed by atoms with Gasteiger partial charge in [-0.15, -0.1) is 0 Å². The van der Waals surface area contributed by atoms with Crippen molar-refractivity contribution in [2.75, 3.05) is 6.54 Å². The quantitative estimate of drug-likeness (QED) is 0.252. The fraction of sp³-hybridized carbons (Fsp3) is 0.350. The molecular weight excluding hydrogens is 316 g/mol. The monoisotopic (exact) mass is 340 g/mol. The van der Waals surface area contributed by atoms with Gasteiger partial charge in [-0.1, -0.05) is 44.2 Å². The van der Waals surface area contributed by atoms with E-state index in [0.29, 0.717) is 23.1 Å². The molecule has 1 heterocycles. The van der Waals surface area contributed by atoms with Crippen LogP contribution in [0.5, 0.6) is 0 Å². The molecular formula is C20H24N2OS. The van der Waals surface area contributed by atoms with E-state index >= 15 is 0 Å². The van der Waals surface area contributed by atoms with Gasteiger partial charge in [-0.25, -0.2) is 0 Å². The number of hydrogen-bond donors (Lipinski definition) is 0. The summed E-state index contributed by atoms with van der Waals surface area (Å²) in [4.78, 5) is 17.3. The van der Waals surface area contributed by atoms with Crippen molar-refractivity contribution in [3.05, 3.63) is 66.0 Å². The van der Waals surface area contributed by atoms with Crippen molar-refractivity contribution in [1.82, 2.24) is 0 Å². The predicted octanol–water partition coefficient (Wildman–Crippen LogP) is 3.88. The van der Waals surface area contributed by atoms with Crippen molar-refractivity contribution in [3.63, 3.8) is 0 Å². The highest BCUT2D eigenvalue weighted by Crippen LogP contribution is 2.20. The van der Waals surface area contributed by atoms with Crippen LogP contribution in [0.4, 0.5) is 0 Å². The van der Waals surface area contributed by atoms with E-state index < -0.39 is 6.04 Å². The summed E-state index contributed by atoms with van der Waals surface area (Å²) in [7, 11) is 0. The van der Waals surface area contributed by atoms with Gasteiger partial charge in [0.1, 0.15) is 0 Å². The van der Waals surface area contributed by atoms with E-state index in [9.17, 15) is 4.79 Å². The second-order valence-corrected chi connectivity index (χ2v) is 6.25. The molecule has 126 valence electrons. The highest BCUT2D eigenvalue weighted by Gasteiger charge is 2.27. The zero-order valence-electron chi connectivity index (χ0n) is 14.5. The van der Waals surface area contributed by atoms with E-state index in [1.165, 1.54) is 5.56 Å². The molecule has 0 aliphatic heterocycles. The number of benzene rings is 1. The minimum Gasteiger partial charge on any atom is -0.758 e. The van der Waals surface area contributed by atoms with Crippen LogP contribution in [0.2, 0.25) is 0 Å². The van der Waals surface area contributed by atoms with E-state index in [0.717, 1.165) is 6.42 Å². The molecule has 3 nitrogen and oxygen atoms in total. The molecule has 0 spiro atoms. The molecule has 0 fully saturated rings. The minimum absolute atomic E-state index is 0.0240. The fourth-order valence-electron chi connectivity index (χ4n) is 2.57. The Morgan fingerprint density at radius 3 is 2.29 bits per heavy atom. The van der Waals surface area contributed by atoms with Gasteiger partial charge in [0, 0.05) is 24.2 Å². The Balaban J connectivity index is 2.36. The first-order valence-electron chi connectivity index (χ1n) is 8.39. The number of aliphatic imine (C=N–C) groups is 1. The summed E-state index contributed by atoms with van der Waals surface area (Å²) < 4.78 is 1.83. The number of hydrogen-bond acceptors (Lipinski definition) is 3. The summed E-state index contributed by atoms with van der Waals surface area (Å²) in [5, 5.41) is 0.421. The van der Waals surface area contributed by atoms with Crippen molar-refractivity contribution in [2.24, 2.45) is 4.99 Å². The molecule has 2 aromatic rings. The largest absolute Gasteiger partial charge is 0.758 e. The summed E-state index contributed by atoms with van der Waals surface area (Å²) >= 11 is 5.41. The first kappa shape index (κ1) is 18.3. The third kappa shape index (κ3) is 4.26. The van der Waals surface area contributed by atoms with Gasteiger partial charge in [-0.05, 0) is 29.9 Å². The lowest BCUT2D eigenvalue weighted by atomic mass is 9.95. The number of carbonyl (C=O) groups is 1. The summed E-state index contributed by atoms with van der Waals surface area (Å²) in [6.07, 6.45) is 4.79. The highest BCUT2D eigenvalue weighted by atomic mass is 32.1. The molecule has 0 bridgehead atoms. The molecule has 1 aromatic carbocycles. The van der Waals surface area contributed by atoms with E-state index in [1.54, 1.807) is 0 Å². The molecule has 0 saturated heterocycles. The van der Waals surface area contributed by atoms with E-state index in [4.69, 9.17) is 12.6 Å². The van der Waals surface area contributed by atoms with Crippen LogP contribution >= 0.6 is 0 Å². The van der Waals surface area contributed by atoms with E-state index in [1.807, 2.05) is 66.3 Å². The molecule has 0 unspecified atom stereocenters.